The average Bonchev–Trinajstić information content (AvgIpc) is 3.20. The van der Waals surface area contributed by atoms with Crippen LogP contribution >= 0.6 is 30.3 Å². The zero-order chi connectivity index (χ0) is 28.1. The van der Waals surface area contributed by atoms with Crippen LogP contribution < -0.4 is 10.6 Å². The highest BCUT2D eigenvalue weighted by atomic mass is 35.5. The SMILES string of the molecule is CC(C)(C)OC(=O)NCCOP(C)(=O)C(C(=O)NCCc1ccc(F)c(F)c1)c1csc2ccc(Cl)cc12. The summed E-state index contributed by atoms with van der Waals surface area (Å²) in [6, 6.07) is 8.77. The van der Waals surface area contributed by atoms with Gasteiger partial charge in [0, 0.05) is 29.5 Å². The van der Waals surface area contributed by atoms with E-state index in [1.54, 1.807) is 38.3 Å². The van der Waals surface area contributed by atoms with Crippen molar-refractivity contribution in [3.8, 4) is 0 Å². The van der Waals surface area contributed by atoms with Gasteiger partial charge in [-0.15, -0.1) is 11.3 Å². The van der Waals surface area contributed by atoms with E-state index in [1.165, 1.54) is 24.1 Å². The van der Waals surface area contributed by atoms with Crippen molar-refractivity contribution in [1.82, 2.24) is 10.6 Å². The molecule has 0 radical (unpaired) electrons. The van der Waals surface area contributed by atoms with Crippen LogP contribution in [-0.2, 0) is 25.0 Å². The molecule has 0 aliphatic heterocycles. The zero-order valence-corrected chi connectivity index (χ0v) is 23.9. The highest BCUT2D eigenvalue weighted by Gasteiger charge is 2.38. The van der Waals surface area contributed by atoms with Crippen LogP contribution in [0.4, 0.5) is 13.6 Å². The van der Waals surface area contributed by atoms with E-state index in [0.717, 1.165) is 16.8 Å². The molecule has 2 aromatic carbocycles. The molecule has 0 aliphatic carbocycles. The van der Waals surface area contributed by atoms with Crippen LogP contribution in [0.3, 0.4) is 0 Å². The maximum atomic E-state index is 13.8. The molecule has 7 nitrogen and oxygen atoms in total. The number of rotatable bonds is 10. The van der Waals surface area contributed by atoms with Gasteiger partial charge in [-0.3, -0.25) is 9.36 Å². The molecule has 2 atom stereocenters. The summed E-state index contributed by atoms with van der Waals surface area (Å²) in [7, 11) is -3.64. The van der Waals surface area contributed by atoms with E-state index in [9.17, 15) is 22.9 Å². The van der Waals surface area contributed by atoms with Crippen molar-refractivity contribution in [2.24, 2.45) is 0 Å². The van der Waals surface area contributed by atoms with Gasteiger partial charge in [-0.05, 0) is 79.4 Å². The van der Waals surface area contributed by atoms with Gasteiger partial charge in [-0.2, -0.15) is 0 Å². The Morgan fingerprint density at radius 2 is 1.82 bits per heavy atom. The molecule has 206 valence electrons. The van der Waals surface area contributed by atoms with Crippen molar-refractivity contribution >= 4 is 52.4 Å². The minimum Gasteiger partial charge on any atom is -0.444 e. The Morgan fingerprint density at radius 1 is 1.08 bits per heavy atom. The van der Waals surface area contributed by atoms with Crippen molar-refractivity contribution in [3.05, 3.63) is 69.6 Å². The lowest BCUT2D eigenvalue weighted by molar-refractivity contribution is -0.120. The van der Waals surface area contributed by atoms with E-state index in [-0.39, 0.29) is 26.1 Å². The van der Waals surface area contributed by atoms with E-state index in [1.807, 2.05) is 6.07 Å². The minimum absolute atomic E-state index is 0.0213. The lowest BCUT2D eigenvalue weighted by Crippen LogP contribution is -2.34. The number of nitrogens with one attached hydrogen (secondary N) is 2. The largest absolute Gasteiger partial charge is 0.444 e. The number of thiophene rings is 1. The minimum atomic E-state index is -3.64. The van der Waals surface area contributed by atoms with Gasteiger partial charge in [0.1, 0.15) is 11.3 Å². The maximum Gasteiger partial charge on any atom is 0.407 e. The molecular formula is C26H30ClF2N2O5PS. The van der Waals surface area contributed by atoms with Gasteiger partial charge in [0.15, 0.2) is 11.6 Å². The molecule has 2 amide bonds. The first-order chi connectivity index (χ1) is 17.8. The number of alkyl carbamates (subject to hydrolysis) is 1. The molecule has 2 unspecified atom stereocenters. The first kappa shape index (κ1) is 30.0. The van der Waals surface area contributed by atoms with Crippen molar-refractivity contribution in [3.63, 3.8) is 0 Å². The fourth-order valence-electron chi connectivity index (χ4n) is 3.73. The van der Waals surface area contributed by atoms with Gasteiger partial charge in [0.25, 0.3) is 0 Å². The van der Waals surface area contributed by atoms with E-state index in [4.69, 9.17) is 20.9 Å². The fraction of sp³-hybridized carbons (Fsp3) is 0.385. The highest BCUT2D eigenvalue weighted by molar-refractivity contribution is 7.59. The summed E-state index contributed by atoms with van der Waals surface area (Å²) in [6.07, 6.45) is -0.405. The normalized spacial score (nSPS) is 14.1. The van der Waals surface area contributed by atoms with Crippen molar-refractivity contribution in [2.45, 2.75) is 38.5 Å². The lowest BCUT2D eigenvalue weighted by atomic mass is 10.1. The number of hydrogen-bond donors (Lipinski definition) is 2. The molecule has 0 fully saturated rings. The van der Waals surface area contributed by atoms with E-state index in [2.05, 4.69) is 10.6 Å². The van der Waals surface area contributed by atoms with Crippen molar-refractivity contribution < 1.29 is 32.2 Å². The molecule has 1 heterocycles. The Balaban J connectivity index is 1.75. The average molecular weight is 587 g/mol. The second-order valence-electron chi connectivity index (χ2n) is 9.69. The standard InChI is InChI=1S/C26H30ClF2N2O5PS/c1-26(2,3)36-25(33)31-11-12-35-37(4,34)23(19-15-38-22-8-6-17(27)14-18(19)22)24(32)30-10-9-16-5-7-20(28)21(29)13-16/h5-8,13-15,23H,9-12H2,1-4H3,(H,30,32)(H,31,33). The Kier molecular flexibility index (Phi) is 9.92. The second-order valence-corrected chi connectivity index (χ2v) is 13.6. The summed E-state index contributed by atoms with van der Waals surface area (Å²) in [4.78, 5) is 25.3. The molecule has 0 bridgehead atoms. The molecule has 0 saturated heterocycles. The van der Waals surface area contributed by atoms with Gasteiger partial charge >= 0.3 is 6.09 Å². The molecular weight excluding hydrogens is 557 g/mol. The zero-order valence-electron chi connectivity index (χ0n) is 21.5. The smallest absolute Gasteiger partial charge is 0.407 e. The van der Waals surface area contributed by atoms with Crippen LogP contribution in [-0.4, -0.2) is 44.0 Å². The third-order valence-electron chi connectivity index (χ3n) is 5.39. The molecule has 38 heavy (non-hydrogen) atoms. The van der Waals surface area contributed by atoms with Gasteiger partial charge in [0.05, 0.1) is 6.61 Å². The van der Waals surface area contributed by atoms with Gasteiger partial charge in [-0.1, -0.05) is 17.7 Å². The lowest BCUT2D eigenvalue weighted by Gasteiger charge is -2.24. The number of halogens is 3. The van der Waals surface area contributed by atoms with Crippen molar-refractivity contribution in [2.75, 3.05) is 26.4 Å². The van der Waals surface area contributed by atoms with Gasteiger partial charge in [0.2, 0.25) is 13.3 Å². The highest BCUT2D eigenvalue weighted by Crippen LogP contribution is 2.58. The molecule has 0 saturated carbocycles. The number of carbonyl (C=O) groups is 2. The number of amides is 2. The monoisotopic (exact) mass is 586 g/mol. The maximum absolute atomic E-state index is 13.8. The first-order valence-electron chi connectivity index (χ1n) is 11.8. The summed E-state index contributed by atoms with van der Waals surface area (Å²) in [5.41, 5.74) is -0.836. The van der Waals surface area contributed by atoms with Crippen LogP contribution in [0.2, 0.25) is 5.02 Å². The molecule has 3 aromatic rings. The Morgan fingerprint density at radius 3 is 2.50 bits per heavy atom. The predicted molar refractivity (Wildman–Crippen MR) is 146 cm³/mol. The summed E-state index contributed by atoms with van der Waals surface area (Å²) >= 11 is 7.57. The third-order valence-corrected chi connectivity index (χ3v) is 8.76. The molecule has 2 N–H and O–H groups in total. The fourth-order valence-corrected chi connectivity index (χ4v) is 6.81. The Hall–Kier alpha value is -2.52. The predicted octanol–water partition coefficient (Wildman–Crippen LogP) is 6.68. The number of carbonyl (C=O) groups excluding carboxylic acids is 2. The van der Waals surface area contributed by atoms with E-state index in [0.29, 0.717) is 21.5 Å². The van der Waals surface area contributed by atoms with E-state index >= 15 is 0 Å². The van der Waals surface area contributed by atoms with Gasteiger partial charge < -0.3 is 19.9 Å². The second kappa shape index (κ2) is 12.6. The number of hydrogen-bond acceptors (Lipinski definition) is 6. The third kappa shape index (κ3) is 8.24. The topological polar surface area (TPSA) is 93.7 Å². The van der Waals surface area contributed by atoms with Crippen LogP contribution in [0, 0.1) is 11.6 Å². The summed E-state index contributed by atoms with van der Waals surface area (Å²) < 4.78 is 52.3. The molecule has 3 rings (SSSR count). The van der Waals surface area contributed by atoms with E-state index < -0.39 is 42.3 Å². The molecule has 1 aromatic heterocycles. The van der Waals surface area contributed by atoms with Crippen LogP contribution in [0.15, 0.2) is 41.8 Å². The van der Waals surface area contributed by atoms with Gasteiger partial charge in [-0.25, -0.2) is 13.6 Å². The molecule has 0 aliphatic rings. The molecule has 12 heteroatoms. The summed E-state index contributed by atoms with van der Waals surface area (Å²) in [5, 5.41) is 8.17. The van der Waals surface area contributed by atoms with Crippen LogP contribution in [0.5, 0.6) is 0 Å². The molecule has 0 spiro atoms. The van der Waals surface area contributed by atoms with Crippen LogP contribution in [0.25, 0.3) is 10.1 Å². The quantitative estimate of drug-likeness (QED) is 0.204. The Bertz CT molecular complexity index is 1360. The number of benzene rings is 2. The number of fused-ring (bicyclic) bond motifs is 1. The Labute approximate surface area is 229 Å². The number of ether oxygens (including phenoxy) is 1. The first-order valence-corrected chi connectivity index (χ1v) is 15.2. The van der Waals surface area contributed by atoms with Crippen LogP contribution in [0.1, 0.15) is 37.6 Å². The van der Waals surface area contributed by atoms with Crippen molar-refractivity contribution in [1.29, 1.82) is 0 Å². The summed E-state index contributed by atoms with van der Waals surface area (Å²) in [6.45, 7) is 6.57. The summed E-state index contributed by atoms with van der Waals surface area (Å²) in [5.74, 6) is -2.47.